The van der Waals surface area contributed by atoms with E-state index in [1.165, 1.54) is 0 Å². The Bertz CT molecular complexity index is 424. The SMILES string of the molecule is C=C(CC(=O)OCCCC)C(=O)OCCS(C)(=O)=O. The van der Waals surface area contributed by atoms with Crippen LogP contribution in [-0.2, 0) is 28.9 Å². The first-order chi connectivity index (χ1) is 8.76. The second-order valence-electron chi connectivity index (χ2n) is 4.12. The summed E-state index contributed by atoms with van der Waals surface area (Å²) in [6.07, 6.45) is 2.46. The molecule has 0 aliphatic carbocycles. The van der Waals surface area contributed by atoms with Gasteiger partial charge in [0.05, 0.1) is 18.8 Å². The van der Waals surface area contributed by atoms with E-state index >= 15 is 0 Å². The highest BCUT2D eigenvalue weighted by Crippen LogP contribution is 2.04. The van der Waals surface area contributed by atoms with Gasteiger partial charge in [-0.3, -0.25) is 4.79 Å². The van der Waals surface area contributed by atoms with Crippen molar-refractivity contribution < 1.29 is 27.5 Å². The fourth-order valence-electron chi connectivity index (χ4n) is 1.02. The van der Waals surface area contributed by atoms with Crippen molar-refractivity contribution in [3.05, 3.63) is 12.2 Å². The summed E-state index contributed by atoms with van der Waals surface area (Å²) in [7, 11) is -3.18. The van der Waals surface area contributed by atoms with Crippen molar-refractivity contribution in [1.82, 2.24) is 0 Å². The molecular formula is C12H20O6S. The van der Waals surface area contributed by atoms with Crippen LogP contribution in [0, 0.1) is 0 Å². The maximum atomic E-state index is 11.4. The molecule has 0 aliphatic rings. The Balaban J connectivity index is 3.93. The van der Waals surface area contributed by atoms with Crippen molar-refractivity contribution in [3.63, 3.8) is 0 Å². The molecule has 0 amide bonds. The van der Waals surface area contributed by atoms with Crippen LogP contribution in [0.25, 0.3) is 0 Å². The molecule has 6 nitrogen and oxygen atoms in total. The first-order valence-corrected chi connectivity index (χ1v) is 8.00. The van der Waals surface area contributed by atoms with Gasteiger partial charge in [0.2, 0.25) is 0 Å². The van der Waals surface area contributed by atoms with Crippen molar-refractivity contribution >= 4 is 21.8 Å². The molecule has 0 aromatic rings. The summed E-state index contributed by atoms with van der Waals surface area (Å²) >= 11 is 0. The highest BCUT2D eigenvalue weighted by molar-refractivity contribution is 7.90. The van der Waals surface area contributed by atoms with Crippen LogP contribution in [0.1, 0.15) is 26.2 Å². The number of esters is 2. The van der Waals surface area contributed by atoms with E-state index in [4.69, 9.17) is 4.74 Å². The van der Waals surface area contributed by atoms with Crippen LogP contribution in [0.2, 0.25) is 0 Å². The van der Waals surface area contributed by atoms with Crippen LogP contribution >= 0.6 is 0 Å². The Morgan fingerprint density at radius 2 is 1.79 bits per heavy atom. The molecular weight excluding hydrogens is 272 g/mol. The monoisotopic (exact) mass is 292 g/mol. The van der Waals surface area contributed by atoms with E-state index in [2.05, 4.69) is 11.3 Å². The summed E-state index contributed by atoms with van der Waals surface area (Å²) in [6, 6.07) is 0. The van der Waals surface area contributed by atoms with E-state index in [1.54, 1.807) is 0 Å². The number of sulfone groups is 1. The normalized spacial score (nSPS) is 10.8. The second-order valence-corrected chi connectivity index (χ2v) is 6.38. The van der Waals surface area contributed by atoms with Crippen LogP contribution in [0.15, 0.2) is 12.2 Å². The number of hydrogen-bond acceptors (Lipinski definition) is 6. The van der Waals surface area contributed by atoms with Gasteiger partial charge in [-0.2, -0.15) is 0 Å². The van der Waals surface area contributed by atoms with Crippen molar-refractivity contribution in [1.29, 1.82) is 0 Å². The van der Waals surface area contributed by atoms with Gasteiger partial charge >= 0.3 is 11.9 Å². The van der Waals surface area contributed by atoms with Crippen LogP contribution < -0.4 is 0 Å². The van der Waals surface area contributed by atoms with E-state index in [0.29, 0.717) is 6.61 Å². The van der Waals surface area contributed by atoms with E-state index in [-0.39, 0.29) is 24.4 Å². The van der Waals surface area contributed by atoms with Crippen molar-refractivity contribution in [2.24, 2.45) is 0 Å². The number of carbonyl (C=O) groups excluding carboxylic acids is 2. The molecule has 0 bridgehead atoms. The van der Waals surface area contributed by atoms with Gasteiger partial charge in [0.25, 0.3) is 0 Å². The van der Waals surface area contributed by atoms with Crippen molar-refractivity contribution in [3.8, 4) is 0 Å². The third kappa shape index (κ3) is 10.3. The van der Waals surface area contributed by atoms with Gasteiger partial charge in [0.1, 0.15) is 6.61 Å². The Morgan fingerprint density at radius 3 is 2.32 bits per heavy atom. The molecule has 19 heavy (non-hydrogen) atoms. The largest absolute Gasteiger partial charge is 0.465 e. The minimum Gasteiger partial charge on any atom is -0.465 e. The summed E-state index contributed by atoms with van der Waals surface area (Å²) in [5, 5.41) is 0. The van der Waals surface area contributed by atoms with Gasteiger partial charge in [-0.25, -0.2) is 13.2 Å². The summed E-state index contributed by atoms with van der Waals surface area (Å²) in [5.74, 6) is -1.58. The van der Waals surface area contributed by atoms with Crippen LogP contribution in [0.3, 0.4) is 0 Å². The van der Waals surface area contributed by atoms with Gasteiger partial charge in [-0.15, -0.1) is 0 Å². The molecule has 0 N–H and O–H groups in total. The van der Waals surface area contributed by atoms with E-state index in [9.17, 15) is 18.0 Å². The highest BCUT2D eigenvalue weighted by atomic mass is 32.2. The number of carbonyl (C=O) groups is 2. The van der Waals surface area contributed by atoms with Gasteiger partial charge in [0, 0.05) is 11.8 Å². The van der Waals surface area contributed by atoms with Crippen LogP contribution in [0.5, 0.6) is 0 Å². The fraction of sp³-hybridized carbons (Fsp3) is 0.667. The summed E-state index contributed by atoms with van der Waals surface area (Å²) < 4.78 is 31.2. The molecule has 0 heterocycles. The predicted molar refractivity (Wildman–Crippen MR) is 70.3 cm³/mol. The topological polar surface area (TPSA) is 86.7 Å². The molecule has 0 aliphatic heterocycles. The number of rotatable bonds is 9. The lowest BCUT2D eigenvalue weighted by Crippen LogP contribution is -2.17. The summed E-state index contributed by atoms with van der Waals surface area (Å²) in [5.41, 5.74) is -0.0463. The van der Waals surface area contributed by atoms with Crippen LogP contribution in [-0.4, -0.2) is 45.6 Å². The molecule has 7 heteroatoms. The molecule has 0 rings (SSSR count). The zero-order valence-corrected chi connectivity index (χ0v) is 12.1. The molecule has 0 radical (unpaired) electrons. The van der Waals surface area contributed by atoms with E-state index in [1.807, 2.05) is 6.92 Å². The highest BCUT2D eigenvalue weighted by Gasteiger charge is 2.14. The lowest BCUT2D eigenvalue weighted by molar-refractivity contribution is -0.146. The molecule has 0 spiro atoms. The summed E-state index contributed by atoms with van der Waals surface area (Å²) in [4.78, 5) is 22.6. The number of hydrogen-bond donors (Lipinski definition) is 0. The lowest BCUT2D eigenvalue weighted by atomic mass is 10.2. The predicted octanol–water partition coefficient (Wildman–Crippen LogP) is 0.864. The minimum atomic E-state index is -3.18. The van der Waals surface area contributed by atoms with E-state index in [0.717, 1.165) is 19.1 Å². The van der Waals surface area contributed by atoms with E-state index < -0.39 is 21.8 Å². The molecule has 0 saturated heterocycles. The van der Waals surface area contributed by atoms with Crippen molar-refractivity contribution in [2.75, 3.05) is 25.2 Å². The fourth-order valence-corrected chi connectivity index (χ4v) is 1.40. The Labute approximate surface area is 113 Å². The zero-order chi connectivity index (χ0) is 14.9. The first kappa shape index (κ1) is 17.6. The quantitative estimate of drug-likeness (QED) is 0.356. The minimum absolute atomic E-state index is 0.0463. The Morgan fingerprint density at radius 1 is 1.16 bits per heavy atom. The van der Waals surface area contributed by atoms with Gasteiger partial charge in [-0.1, -0.05) is 19.9 Å². The summed E-state index contributed by atoms with van der Waals surface area (Å²) in [6.45, 7) is 5.44. The first-order valence-electron chi connectivity index (χ1n) is 5.94. The van der Waals surface area contributed by atoms with Crippen LogP contribution in [0.4, 0.5) is 0 Å². The third-order valence-electron chi connectivity index (χ3n) is 2.09. The average Bonchev–Trinajstić information content (AvgIpc) is 2.27. The van der Waals surface area contributed by atoms with Gasteiger partial charge in [0.15, 0.2) is 9.84 Å². The molecule has 0 aromatic carbocycles. The zero-order valence-electron chi connectivity index (χ0n) is 11.3. The molecule has 0 fully saturated rings. The second kappa shape index (κ2) is 8.68. The smallest absolute Gasteiger partial charge is 0.334 e. The molecule has 110 valence electrons. The maximum absolute atomic E-state index is 11.4. The third-order valence-corrected chi connectivity index (χ3v) is 3.00. The van der Waals surface area contributed by atoms with Gasteiger partial charge in [-0.05, 0) is 6.42 Å². The lowest BCUT2D eigenvalue weighted by Gasteiger charge is -2.07. The Kier molecular flexibility index (Phi) is 8.06. The van der Waals surface area contributed by atoms with Crippen molar-refractivity contribution in [2.45, 2.75) is 26.2 Å². The molecule has 0 unspecified atom stereocenters. The molecule has 0 atom stereocenters. The van der Waals surface area contributed by atoms with Gasteiger partial charge < -0.3 is 9.47 Å². The number of ether oxygens (including phenoxy) is 2. The standard InChI is InChI=1S/C12H20O6S/c1-4-5-6-17-11(13)9-10(2)12(14)18-7-8-19(3,15)16/h2,4-9H2,1,3H3. The Hall–Kier alpha value is -1.37. The number of unbranched alkanes of at least 4 members (excludes halogenated alkanes) is 1. The average molecular weight is 292 g/mol. The maximum Gasteiger partial charge on any atom is 0.334 e. The molecule has 0 aromatic heterocycles. The molecule has 0 saturated carbocycles.